The molecule has 0 spiro atoms. The van der Waals surface area contributed by atoms with Crippen LogP contribution in [0.2, 0.25) is 5.02 Å². The average Bonchev–Trinajstić information content (AvgIpc) is 3.01. The van der Waals surface area contributed by atoms with E-state index in [1.165, 1.54) is 0 Å². The average molecular weight is 483 g/mol. The highest BCUT2D eigenvalue weighted by molar-refractivity contribution is 9.10. The smallest absolute Gasteiger partial charge is 0.262 e. The molecular formula is C24H21BrClN3O. The third kappa shape index (κ3) is 4.67. The Labute approximate surface area is 189 Å². The zero-order chi connectivity index (χ0) is 21.8. The lowest BCUT2D eigenvalue weighted by Crippen LogP contribution is -2.27. The Morgan fingerprint density at radius 2 is 1.90 bits per heavy atom. The maximum absolute atomic E-state index is 12.7. The lowest BCUT2D eigenvalue weighted by molar-refractivity contribution is -0.117. The Morgan fingerprint density at radius 3 is 2.53 bits per heavy atom. The predicted molar refractivity (Wildman–Crippen MR) is 125 cm³/mol. The molecule has 4 nitrogen and oxygen atoms in total. The minimum Gasteiger partial charge on any atom is -0.345 e. The number of amides is 1. The van der Waals surface area contributed by atoms with Gasteiger partial charge in [0.1, 0.15) is 11.6 Å². The lowest BCUT2D eigenvalue weighted by Gasteiger charge is -2.14. The number of aromatic nitrogens is 1. The van der Waals surface area contributed by atoms with Crippen molar-refractivity contribution in [3.8, 4) is 11.8 Å². The molecule has 3 rings (SSSR count). The van der Waals surface area contributed by atoms with Crippen LogP contribution in [0.3, 0.4) is 0 Å². The predicted octanol–water partition coefficient (Wildman–Crippen LogP) is 6.29. The van der Waals surface area contributed by atoms with Gasteiger partial charge in [-0.3, -0.25) is 4.79 Å². The second-order valence-corrected chi connectivity index (χ2v) is 8.30. The molecule has 6 heteroatoms. The molecule has 0 unspecified atom stereocenters. The third-order valence-electron chi connectivity index (χ3n) is 4.94. The van der Waals surface area contributed by atoms with Gasteiger partial charge < -0.3 is 9.88 Å². The Kier molecular flexibility index (Phi) is 6.81. The molecule has 0 aliphatic carbocycles. The van der Waals surface area contributed by atoms with E-state index < -0.39 is 5.91 Å². The van der Waals surface area contributed by atoms with Gasteiger partial charge >= 0.3 is 0 Å². The van der Waals surface area contributed by atoms with Crippen LogP contribution in [0.4, 0.5) is 0 Å². The Morgan fingerprint density at radius 1 is 1.20 bits per heavy atom. The zero-order valence-electron chi connectivity index (χ0n) is 16.9. The number of halogens is 2. The van der Waals surface area contributed by atoms with E-state index in [0.29, 0.717) is 5.02 Å². The second kappa shape index (κ2) is 9.34. The molecule has 30 heavy (non-hydrogen) atoms. The third-order valence-corrected chi connectivity index (χ3v) is 6.18. The van der Waals surface area contributed by atoms with Crippen LogP contribution in [-0.2, 0) is 4.79 Å². The number of carbonyl (C=O) groups excluding carboxylic acids is 1. The minimum absolute atomic E-state index is 0.0619. The van der Waals surface area contributed by atoms with Gasteiger partial charge in [0.25, 0.3) is 5.91 Å². The number of hydrogen-bond donors (Lipinski definition) is 1. The van der Waals surface area contributed by atoms with Gasteiger partial charge in [-0.15, -0.1) is 0 Å². The van der Waals surface area contributed by atoms with E-state index in [-0.39, 0.29) is 11.6 Å². The molecule has 0 saturated carbocycles. The Bertz CT molecular complexity index is 1160. The van der Waals surface area contributed by atoms with E-state index in [0.717, 1.165) is 32.7 Å². The minimum atomic E-state index is -0.398. The van der Waals surface area contributed by atoms with Crippen LogP contribution in [0.25, 0.3) is 11.8 Å². The van der Waals surface area contributed by atoms with Gasteiger partial charge in [0.05, 0.1) is 11.1 Å². The molecule has 3 aromatic rings. The van der Waals surface area contributed by atoms with Crippen molar-refractivity contribution >= 4 is 39.5 Å². The molecule has 0 aliphatic rings. The fourth-order valence-corrected chi connectivity index (χ4v) is 3.78. The largest absolute Gasteiger partial charge is 0.345 e. The van der Waals surface area contributed by atoms with Crippen molar-refractivity contribution in [3.05, 3.63) is 92.2 Å². The summed E-state index contributed by atoms with van der Waals surface area (Å²) in [4.78, 5) is 12.7. The number of hydrogen-bond acceptors (Lipinski definition) is 2. The first-order chi connectivity index (χ1) is 14.3. The van der Waals surface area contributed by atoms with Crippen molar-refractivity contribution < 1.29 is 4.79 Å². The Hall–Kier alpha value is -2.81. The first-order valence-electron chi connectivity index (χ1n) is 9.43. The number of nitrogens with one attached hydrogen (secondary N) is 1. The second-order valence-electron chi connectivity index (χ2n) is 7.04. The molecule has 0 fully saturated rings. The normalized spacial score (nSPS) is 12.3. The Balaban J connectivity index is 1.90. The topological polar surface area (TPSA) is 57.8 Å². The first kappa shape index (κ1) is 21.9. The van der Waals surface area contributed by atoms with Gasteiger partial charge in [-0.1, -0.05) is 41.9 Å². The van der Waals surface area contributed by atoms with Crippen molar-refractivity contribution in [2.24, 2.45) is 0 Å². The highest BCUT2D eigenvalue weighted by Crippen LogP contribution is 2.28. The highest BCUT2D eigenvalue weighted by Gasteiger charge is 2.16. The molecule has 1 aromatic heterocycles. The number of nitriles is 1. The van der Waals surface area contributed by atoms with Crippen LogP contribution in [0.1, 0.15) is 35.5 Å². The van der Waals surface area contributed by atoms with Gasteiger partial charge in [-0.25, -0.2) is 0 Å². The molecule has 0 aliphatic heterocycles. The van der Waals surface area contributed by atoms with E-state index in [2.05, 4.69) is 21.2 Å². The SMILES string of the molecule is Cc1cc(/C=C(/C#N)C(=O)N[C@H](C)c2ccccc2)c(C)n1-c1ccc(Br)c(Cl)c1. The number of carbonyl (C=O) groups is 1. The van der Waals surface area contributed by atoms with Crippen LogP contribution in [0, 0.1) is 25.2 Å². The van der Waals surface area contributed by atoms with Gasteiger partial charge in [-0.2, -0.15) is 5.26 Å². The van der Waals surface area contributed by atoms with Gasteiger partial charge in [0.15, 0.2) is 0 Å². The van der Waals surface area contributed by atoms with E-state index >= 15 is 0 Å². The maximum Gasteiger partial charge on any atom is 0.262 e. The van der Waals surface area contributed by atoms with Gasteiger partial charge in [0, 0.05) is 21.5 Å². The van der Waals surface area contributed by atoms with E-state index in [1.54, 1.807) is 6.08 Å². The quantitative estimate of drug-likeness (QED) is 0.343. The van der Waals surface area contributed by atoms with Crippen LogP contribution >= 0.6 is 27.5 Å². The van der Waals surface area contributed by atoms with E-state index in [4.69, 9.17) is 11.6 Å². The van der Waals surface area contributed by atoms with Gasteiger partial charge in [-0.05, 0) is 78.2 Å². The summed E-state index contributed by atoms with van der Waals surface area (Å²) in [5, 5.41) is 13.1. The fraction of sp³-hybridized carbons (Fsp3) is 0.167. The molecule has 1 amide bonds. The van der Waals surface area contributed by atoms with E-state index in [1.807, 2.05) is 86.0 Å². The molecule has 1 N–H and O–H groups in total. The van der Waals surface area contributed by atoms with Crippen LogP contribution in [0.15, 0.2) is 64.6 Å². The van der Waals surface area contributed by atoms with Crippen molar-refractivity contribution in [1.29, 1.82) is 5.26 Å². The monoisotopic (exact) mass is 481 g/mol. The van der Waals surface area contributed by atoms with Gasteiger partial charge in [0.2, 0.25) is 0 Å². The molecule has 0 bridgehead atoms. The summed E-state index contributed by atoms with van der Waals surface area (Å²) in [6.07, 6.45) is 1.63. The van der Waals surface area contributed by atoms with Crippen LogP contribution in [-0.4, -0.2) is 10.5 Å². The van der Waals surface area contributed by atoms with Crippen molar-refractivity contribution in [2.75, 3.05) is 0 Å². The molecular weight excluding hydrogens is 462 g/mol. The molecule has 1 atom stereocenters. The molecule has 0 saturated heterocycles. The number of nitrogens with zero attached hydrogens (tertiary/aromatic N) is 2. The van der Waals surface area contributed by atoms with Crippen LogP contribution < -0.4 is 5.32 Å². The summed E-state index contributed by atoms with van der Waals surface area (Å²) in [5.74, 6) is -0.398. The lowest BCUT2D eigenvalue weighted by atomic mass is 10.1. The highest BCUT2D eigenvalue weighted by atomic mass is 79.9. The standard InChI is InChI=1S/C24H21BrClN3O/c1-15-11-19(17(3)29(15)21-9-10-22(25)23(26)13-21)12-20(14-27)24(30)28-16(2)18-7-5-4-6-8-18/h4-13,16H,1-3H3,(H,28,30)/b20-12-/t16-/m1/s1. The summed E-state index contributed by atoms with van der Waals surface area (Å²) in [7, 11) is 0. The first-order valence-corrected chi connectivity index (χ1v) is 10.6. The summed E-state index contributed by atoms with van der Waals surface area (Å²) in [5.41, 5.74) is 4.67. The van der Waals surface area contributed by atoms with Crippen molar-refractivity contribution in [2.45, 2.75) is 26.8 Å². The van der Waals surface area contributed by atoms with Crippen molar-refractivity contribution in [3.63, 3.8) is 0 Å². The molecule has 2 aromatic carbocycles. The fourth-order valence-electron chi connectivity index (χ4n) is 3.36. The molecule has 0 radical (unpaired) electrons. The summed E-state index contributed by atoms with van der Waals surface area (Å²) >= 11 is 9.66. The number of benzene rings is 2. The van der Waals surface area contributed by atoms with Crippen molar-refractivity contribution in [1.82, 2.24) is 9.88 Å². The molecule has 152 valence electrons. The summed E-state index contributed by atoms with van der Waals surface area (Å²) in [6.45, 7) is 5.82. The summed E-state index contributed by atoms with van der Waals surface area (Å²) < 4.78 is 2.87. The van der Waals surface area contributed by atoms with E-state index in [9.17, 15) is 10.1 Å². The molecule has 1 heterocycles. The number of aryl methyl sites for hydroxylation is 1. The maximum atomic E-state index is 12.7. The van der Waals surface area contributed by atoms with Crippen LogP contribution in [0.5, 0.6) is 0 Å². The summed E-state index contributed by atoms with van der Waals surface area (Å²) in [6, 6.07) is 19.2. The number of rotatable bonds is 5. The zero-order valence-corrected chi connectivity index (χ0v) is 19.3.